The van der Waals surface area contributed by atoms with Crippen molar-refractivity contribution in [3.05, 3.63) is 34.9 Å². The Morgan fingerprint density at radius 2 is 2.06 bits per heavy atom. The van der Waals surface area contributed by atoms with Gasteiger partial charge >= 0.3 is 5.97 Å². The Balaban J connectivity index is 1.89. The number of nitrogens with two attached hydrogens (primary N) is 1. The molecule has 1 fully saturated rings. The Kier molecular flexibility index (Phi) is 3.40. The van der Waals surface area contributed by atoms with Crippen LogP contribution in [0.5, 0.6) is 0 Å². The molecule has 92 valence electrons. The van der Waals surface area contributed by atoms with Gasteiger partial charge in [-0.2, -0.15) is 0 Å². The summed E-state index contributed by atoms with van der Waals surface area (Å²) in [5.41, 5.74) is 6.03. The molecule has 1 aliphatic rings. The number of benzene rings is 1. The fourth-order valence-electron chi connectivity index (χ4n) is 1.73. The number of esters is 1. The van der Waals surface area contributed by atoms with Crippen LogP contribution >= 0.6 is 11.6 Å². The third-order valence-electron chi connectivity index (χ3n) is 3.15. The highest BCUT2D eigenvalue weighted by molar-refractivity contribution is 6.30. The molecule has 0 aliphatic heterocycles. The molecule has 1 saturated carbocycles. The van der Waals surface area contributed by atoms with Crippen molar-refractivity contribution in [2.45, 2.75) is 31.9 Å². The predicted octanol–water partition coefficient (Wildman–Crippen LogP) is 2.51. The molecular formula is C13H16ClNO2. The zero-order valence-corrected chi connectivity index (χ0v) is 10.5. The van der Waals surface area contributed by atoms with Gasteiger partial charge < -0.3 is 10.5 Å². The van der Waals surface area contributed by atoms with E-state index < -0.39 is 5.54 Å². The highest BCUT2D eigenvalue weighted by Crippen LogP contribution is 2.38. The second kappa shape index (κ2) is 4.67. The van der Waals surface area contributed by atoms with Gasteiger partial charge in [-0.15, -0.1) is 0 Å². The second-order valence-electron chi connectivity index (χ2n) is 4.76. The third-order valence-corrected chi connectivity index (χ3v) is 3.40. The van der Waals surface area contributed by atoms with Crippen LogP contribution < -0.4 is 5.73 Å². The molecule has 0 radical (unpaired) electrons. The molecule has 0 heterocycles. The number of rotatable bonds is 4. The summed E-state index contributed by atoms with van der Waals surface area (Å²) in [6, 6.07) is 7.21. The maximum atomic E-state index is 11.8. The molecule has 0 spiro atoms. The van der Waals surface area contributed by atoms with E-state index >= 15 is 0 Å². The molecule has 1 aliphatic carbocycles. The highest BCUT2D eigenvalue weighted by Gasteiger charge is 2.45. The van der Waals surface area contributed by atoms with Crippen molar-refractivity contribution >= 4 is 17.6 Å². The van der Waals surface area contributed by atoms with E-state index in [1.54, 1.807) is 19.1 Å². The molecule has 1 atom stereocenters. The lowest BCUT2D eigenvalue weighted by Crippen LogP contribution is -2.48. The first-order valence-electron chi connectivity index (χ1n) is 5.70. The zero-order chi connectivity index (χ0) is 12.5. The minimum Gasteiger partial charge on any atom is -0.459 e. The van der Waals surface area contributed by atoms with Gasteiger partial charge in [0.2, 0.25) is 0 Å². The standard InChI is InChI=1S/C13H16ClNO2/c1-13(15,10-4-5-10)12(16)17-8-9-2-6-11(14)7-3-9/h2-3,6-7,10H,4-5,8,15H2,1H3. The first kappa shape index (κ1) is 12.4. The van der Waals surface area contributed by atoms with Crippen LogP contribution in [0.15, 0.2) is 24.3 Å². The van der Waals surface area contributed by atoms with Crippen LogP contribution in [0, 0.1) is 5.92 Å². The van der Waals surface area contributed by atoms with Gasteiger partial charge in [0, 0.05) is 5.02 Å². The number of hydrogen-bond donors (Lipinski definition) is 1. The number of carbonyl (C=O) groups is 1. The van der Waals surface area contributed by atoms with E-state index in [2.05, 4.69) is 0 Å². The van der Waals surface area contributed by atoms with Gasteiger partial charge in [-0.05, 0) is 43.4 Å². The lowest BCUT2D eigenvalue weighted by atomic mass is 9.98. The fourth-order valence-corrected chi connectivity index (χ4v) is 1.86. The first-order valence-corrected chi connectivity index (χ1v) is 6.08. The molecule has 1 aromatic carbocycles. The Morgan fingerprint density at radius 3 is 2.59 bits per heavy atom. The Labute approximate surface area is 106 Å². The first-order chi connectivity index (χ1) is 8.00. The third kappa shape index (κ3) is 2.99. The van der Waals surface area contributed by atoms with E-state index in [0.29, 0.717) is 5.02 Å². The number of carbonyl (C=O) groups excluding carboxylic acids is 1. The summed E-state index contributed by atoms with van der Waals surface area (Å²) in [5.74, 6) is -0.0461. The maximum Gasteiger partial charge on any atom is 0.326 e. The summed E-state index contributed by atoms with van der Waals surface area (Å²) >= 11 is 5.77. The number of hydrogen-bond acceptors (Lipinski definition) is 3. The van der Waals surface area contributed by atoms with Gasteiger partial charge in [0.1, 0.15) is 12.1 Å². The van der Waals surface area contributed by atoms with Gasteiger partial charge in [0.15, 0.2) is 0 Å². The van der Waals surface area contributed by atoms with Crippen LogP contribution in [-0.2, 0) is 16.1 Å². The molecule has 17 heavy (non-hydrogen) atoms. The SMILES string of the molecule is CC(N)(C(=O)OCc1ccc(Cl)cc1)C1CC1. The quantitative estimate of drug-likeness (QED) is 0.839. The summed E-state index contributed by atoms with van der Waals surface area (Å²) in [6.07, 6.45) is 2.03. The van der Waals surface area contributed by atoms with Crippen LogP contribution in [0.3, 0.4) is 0 Å². The molecule has 0 bridgehead atoms. The van der Waals surface area contributed by atoms with Crippen LogP contribution in [-0.4, -0.2) is 11.5 Å². The number of ether oxygens (including phenoxy) is 1. The van der Waals surface area contributed by atoms with E-state index in [-0.39, 0.29) is 18.5 Å². The van der Waals surface area contributed by atoms with Crippen LogP contribution in [0.1, 0.15) is 25.3 Å². The lowest BCUT2D eigenvalue weighted by Gasteiger charge is -2.21. The van der Waals surface area contributed by atoms with Crippen LogP contribution in [0.25, 0.3) is 0 Å². The van der Waals surface area contributed by atoms with E-state index in [1.807, 2.05) is 12.1 Å². The van der Waals surface area contributed by atoms with E-state index in [0.717, 1.165) is 18.4 Å². The van der Waals surface area contributed by atoms with Crippen molar-refractivity contribution in [1.82, 2.24) is 0 Å². The average molecular weight is 254 g/mol. The monoisotopic (exact) mass is 253 g/mol. The minimum absolute atomic E-state index is 0.246. The van der Waals surface area contributed by atoms with E-state index in [9.17, 15) is 4.79 Å². The van der Waals surface area contributed by atoms with Gasteiger partial charge in [0.25, 0.3) is 0 Å². The molecule has 3 nitrogen and oxygen atoms in total. The van der Waals surface area contributed by atoms with Crippen molar-refractivity contribution in [3.8, 4) is 0 Å². The molecule has 0 amide bonds. The van der Waals surface area contributed by atoms with Crippen molar-refractivity contribution in [2.75, 3.05) is 0 Å². The molecule has 0 aromatic heterocycles. The van der Waals surface area contributed by atoms with Crippen LogP contribution in [0.2, 0.25) is 5.02 Å². The molecule has 2 N–H and O–H groups in total. The normalized spacial score (nSPS) is 18.5. The summed E-state index contributed by atoms with van der Waals surface area (Å²) < 4.78 is 5.23. The van der Waals surface area contributed by atoms with E-state index in [1.165, 1.54) is 0 Å². The van der Waals surface area contributed by atoms with Gasteiger partial charge in [-0.3, -0.25) is 4.79 Å². The maximum absolute atomic E-state index is 11.8. The fraction of sp³-hybridized carbons (Fsp3) is 0.462. The van der Waals surface area contributed by atoms with Gasteiger partial charge in [0.05, 0.1) is 0 Å². The Bertz CT molecular complexity index is 410. The van der Waals surface area contributed by atoms with Gasteiger partial charge in [-0.1, -0.05) is 23.7 Å². The topological polar surface area (TPSA) is 52.3 Å². The summed E-state index contributed by atoms with van der Waals surface area (Å²) in [6.45, 7) is 1.99. The summed E-state index contributed by atoms with van der Waals surface area (Å²) in [7, 11) is 0. The molecule has 0 saturated heterocycles. The summed E-state index contributed by atoms with van der Waals surface area (Å²) in [4.78, 5) is 11.8. The molecule has 4 heteroatoms. The van der Waals surface area contributed by atoms with Crippen LogP contribution in [0.4, 0.5) is 0 Å². The van der Waals surface area contributed by atoms with Crippen molar-refractivity contribution in [2.24, 2.45) is 11.7 Å². The van der Waals surface area contributed by atoms with Crippen molar-refractivity contribution < 1.29 is 9.53 Å². The molecular weight excluding hydrogens is 238 g/mol. The largest absolute Gasteiger partial charge is 0.459 e. The molecule has 1 aromatic rings. The Morgan fingerprint density at radius 1 is 1.47 bits per heavy atom. The van der Waals surface area contributed by atoms with Crippen molar-refractivity contribution in [3.63, 3.8) is 0 Å². The average Bonchev–Trinajstić information content (AvgIpc) is 3.11. The molecule has 1 unspecified atom stereocenters. The zero-order valence-electron chi connectivity index (χ0n) is 9.78. The second-order valence-corrected chi connectivity index (χ2v) is 5.20. The summed E-state index contributed by atoms with van der Waals surface area (Å²) in [5, 5.41) is 0.668. The number of halogens is 1. The van der Waals surface area contributed by atoms with E-state index in [4.69, 9.17) is 22.1 Å². The predicted molar refractivity (Wildman–Crippen MR) is 66.6 cm³/mol. The highest BCUT2D eigenvalue weighted by atomic mass is 35.5. The smallest absolute Gasteiger partial charge is 0.326 e. The van der Waals surface area contributed by atoms with Crippen molar-refractivity contribution in [1.29, 1.82) is 0 Å². The molecule has 2 rings (SSSR count). The van der Waals surface area contributed by atoms with Gasteiger partial charge in [-0.25, -0.2) is 0 Å². The lowest BCUT2D eigenvalue weighted by molar-refractivity contribution is -0.151. The Hall–Kier alpha value is -1.06. The minimum atomic E-state index is -0.841.